The van der Waals surface area contributed by atoms with E-state index in [1.54, 1.807) is 11.3 Å². The largest absolute Gasteiger partial charge is 0.375 e. The summed E-state index contributed by atoms with van der Waals surface area (Å²) in [4.78, 5) is 7.63. The molecule has 1 aromatic heterocycles. The zero-order valence-electron chi connectivity index (χ0n) is 9.16. The van der Waals surface area contributed by atoms with Gasteiger partial charge in [-0.1, -0.05) is 13.3 Å². The summed E-state index contributed by atoms with van der Waals surface area (Å²) < 4.78 is 0. The highest BCUT2D eigenvalue weighted by atomic mass is 32.1. The summed E-state index contributed by atoms with van der Waals surface area (Å²) in [6.07, 6.45) is 4.34. The third-order valence-corrected chi connectivity index (χ3v) is 3.25. The van der Waals surface area contributed by atoms with E-state index < -0.39 is 0 Å². The number of hydrogen-bond donors (Lipinski definition) is 1. The minimum atomic E-state index is 0.628. The molecule has 2 N–H and O–H groups in total. The number of nitrogens with two attached hydrogens (primary N) is 1. The fraction of sp³-hybridized carbons (Fsp3) is 0.700. The third kappa shape index (κ3) is 3.27. The van der Waals surface area contributed by atoms with Crippen LogP contribution in [0.3, 0.4) is 0 Å². The maximum atomic E-state index is 5.58. The van der Waals surface area contributed by atoms with E-state index in [4.69, 9.17) is 5.73 Å². The number of rotatable bonds is 5. The van der Waals surface area contributed by atoms with Gasteiger partial charge in [0.15, 0.2) is 5.13 Å². The first-order chi connectivity index (χ1) is 6.63. The molecule has 0 aromatic carbocycles. The highest BCUT2D eigenvalue weighted by Crippen LogP contribution is 2.17. The van der Waals surface area contributed by atoms with Crippen LogP contribution in [0.15, 0.2) is 6.20 Å². The molecule has 0 aliphatic carbocycles. The summed E-state index contributed by atoms with van der Waals surface area (Å²) in [6.45, 7) is 5.43. The fourth-order valence-electron chi connectivity index (χ4n) is 1.44. The van der Waals surface area contributed by atoms with Gasteiger partial charge in [-0.2, -0.15) is 0 Å². The molecule has 1 rings (SSSR count). The molecule has 0 radical (unpaired) electrons. The fourth-order valence-corrected chi connectivity index (χ4v) is 2.18. The van der Waals surface area contributed by atoms with Gasteiger partial charge in [0.05, 0.1) is 0 Å². The van der Waals surface area contributed by atoms with E-state index in [2.05, 4.69) is 30.8 Å². The molecule has 0 fully saturated rings. The highest BCUT2D eigenvalue weighted by Gasteiger charge is 2.09. The van der Waals surface area contributed by atoms with E-state index in [9.17, 15) is 0 Å². The van der Waals surface area contributed by atoms with Crippen LogP contribution in [0.1, 0.15) is 31.6 Å². The molecule has 0 aliphatic rings. The van der Waals surface area contributed by atoms with Crippen molar-refractivity contribution in [1.29, 1.82) is 0 Å². The number of nitrogen functional groups attached to an aromatic ring is 1. The maximum absolute atomic E-state index is 5.58. The first-order valence-electron chi connectivity index (χ1n) is 5.04. The molecule has 0 spiro atoms. The topological polar surface area (TPSA) is 42.2 Å². The quantitative estimate of drug-likeness (QED) is 0.816. The third-order valence-electron chi connectivity index (χ3n) is 2.44. The highest BCUT2D eigenvalue weighted by molar-refractivity contribution is 7.15. The number of hydrogen-bond acceptors (Lipinski definition) is 4. The van der Waals surface area contributed by atoms with Gasteiger partial charge >= 0.3 is 0 Å². The monoisotopic (exact) mass is 213 g/mol. The maximum Gasteiger partial charge on any atom is 0.180 e. The van der Waals surface area contributed by atoms with Crippen molar-refractivity contribution in [3.05, 3.63) is 11.1 Å². The Morgan fingerprint density at radius 2 is 2.36 bits per heavy atom. The zero-order valence-corrected chi connectivity index (χ0v) is 9.97. The minimum Gasteiger partial charge on any atom is -0.375 e. The SMILES string of the molecule is CCCC(C)N(C)Cc1cnc(N)s1. The molecular formula is C10H19N3S. The van der Waals surface area contributed by atoms with Crippen molar-refractivity contribution in [2.24, 2.45) is 0 Å². The van der Waals surface area contributed by atoms with Crippen LogP contribution in [0.25, 0.3) is 0 Å². The summed E-state index contributed by atoms with van der Waals surface area (Å²) in [7, 11) is 2.15. The number of thiazole rings is 1. The van der Waals surface area contributed by atoms with Crippen LogP contribution < -0.4 is 5.73 Å². The van der Waals surface area contributed by atoms with Gasteiger partial charge in [-0.25, -0.2) is 4.98 Å². The summed E-state index contributed by atoms with van der Waals surface area (Å²) in [5.74, 6) is 0. The molecule has 1 aromatic rings. The predicted octanol–water partition coefficient (Wildman–Crippen LogP) is 2.35. The Morgan fingerprint density at radius 3 is 2.86 bits per heavy atom. The zero-order chi connectivity index (χ0) is 10.6. The molecule has 1 unspecified atom stereocenters. The van der Waals surface area contributed by atoms with Crippen LogP contribution >= 0.6 is 11.3 Å². The van der Waals surface area contributed by atoms with Gasteiger partial charge in [-0.15, -0.1) is 11.3 Å². The van der Waals surface area contributed by atoms with Crippen molar-refractivity contribution < 1.29 is 0 Å². The van der Waals surface area contributed by atoms with Crippen LogP contribution in [0, 0.1) is 0 Å². The van der Waals surface area contributed by atoms with Crippen LogP contribution in [0.4, 0.5) is 5.13 Å². The van der Waals surface area contributed by atoms with Crippen LogP contribution in [0.5, 0.6) is 0 Å². The van der Waals surface area contributed by atoms with Gasteiger partial charge in [-0.3, -0.25) is 4.90 Å². The smallest absolute Gasteiger partial charge is 0.180 e. The summed E-state index contributed by atoms with van der Waals surface area (Å²) >= 11 is 1.58. The average molecular weight is 213 g/mol. The second kappa shape index (κ2) is 5.32. The number of nitrogens with zero attached hydrogens (tertiary/aromatic N) is 2. The first kappa shape index (κ1) is 11.5. The molecule has 0 aliphatic heterocycles. The predicted molar refractivity (Wildman–Crippen MR) is 62.4 cm³/mol. The van der Waals surface area contributed by atoms with E-state index in [0.29, 0.717) is 11.2 Å². The van der Waals surface area contributed by atoms with E-state index in [0.717, 1.165) is 6.54 Å². The van der Waals surface area contributed by atoms with Gasteiger partial charge in [-0.05, 0) is 20.4 Å². The Labute approximate surface area is 89.9 Å². The molecule has 14 heavy (non-hydrogen) atoms. The van der Waals surface area contributed by atoms with Crippen LogP contribution in [-0.2, 0) is 6.54 Å². The van der Waals surface area contributed by atoms with E-state index in [-0.39, 0.29) is 0 Å². The Morgan fingerprint density at radius 1 is 1.64 bits per heavy atom. The van der Waals surface area contributed by atoms with E-state index in [1.807, 2.05) is 6.20 Å². The van der Waals surface area contributed by atoms with Crippen molar-refractivity contribution in [3.63, 3.8) is 0 Å². The lowest BCUT2D eigenvalue weighted by Crippen LogP contribution is -2.27. The van der Waals surface area contributed by atoms with Crippen molar-refractivity contribution >= 4 is 16.5 Å². The lowest BCUT2D eigenvalue weighted by molar-refractivity contribution is 0.238. The molecule has 0 amide bonds. The lowest BCUT2D eigenvalue weighted by Gasteiger charge is -2.23. The van der Waals surface area contributed by atoms with Crippen molar-refractivity contribution in [3.8, 4) is 0 Å². The van der Waals surface area contributed by atoms with Crippen molar-refractivity contribution in [2.75, 3.05) is 12.8 Å². The van der Waals surface area contributed by atoms with Gasteiger partial charge in [0.1, 0.15) is 0 Å². The van der Waals surface area contributed by atoms with Gasteiger partial charge in [0.25, 0.3) is 0 Å². The van der Waals surface area contributed by atoms with Gasteiger partial charge in [0, 0.05) is 23.7 Å². The van der Waals surface area contributed by atoms with Crippen molar-refractivity contribution in [2.45, 2.75) is 39.3 Å². The normalized spacial score (nSPS) is 13.4. The second-order valence-corrected chi connectivity index (χ2v) is 4.86. The van der Waals surface area contributed by atoms with Gasteiger partial charge in [0.2, 0.25) is 0 Å². The average Bonchev–Trinajstić information content (AvgIpc) is 2.51. The molecule has 4 heteroatoms. The first-order valence-corrected chi connectivity index (χ1v) is 5.85. The van der Waals surface area contributed by atoms with Crippen LogP contribution in [0.2, 0.25) is 0 Å². The van der Waals surface area contributed by atoms with Gasteiger partial charge < -0.3 is 5.73 Å². The Kier molecular flexibility index (Phi) is 4.35. The standard InChI is InChI=1S/C10H19N3S/c1-4-5-8(2)13(3)7-9-6-12-10(11)14-9/h6,8H,4-5,7H2,1-3H3,(H2,11,12). The molecule has 0 saturated carbocycles. The molecule has 1 atom stereocenters. The molecular weight excluding hydrogens is 194 g/mol. The molecule has 3 nitrogen and oxygen atoms in total. The van der Waals surface area contributed by atoms with Crippen LogP contribution in [-0.4, -0.2) is 23.0 Å². The minimum absolute atomic E-state index is 0.628. The second-order valence-electron chi connectivity index (χ2n) is 3.72. The molecule has 0 bridgehead atoms. The summed E-state index contributed by atoms with van der Waals surface area (Å²) in [5.41, 5.74) is 5.58. The number of aromatic nitrogens is 1. The summed E-state index contributed by atoms with van der Waals surface area (Å²) in [6, 6.07) is 0.628. The summed E-state index contributed by atoms with van der Waals surface area (Å²) in [5, 5.41) is 0.663. The molecule has 1 heterocycles. The molecule has 0 saturated heterocycles. The lowest BCUT2D eigenvalue weighted by atomic mass is 10.2. The Bertz CT molecular complexity index is 272. The molecule has 80 valence electrons. The number of anilines is 1. The Hall–Kier alpha value is -0.610. The van der Waals surface area contributed by atoms with E-state index in [1.165, 1.54) is 17.7 Å². The van der Waals surface area contributed by atoms with E-state index >= 15 is 0 Å². The van der Waals surface area contributed by atoms with Crippen molar-refractivity contribution in [1.82, 2.24) is 9.88 Å². The Balaban J connectivity index is 2.43.